The van der Waals surface area contributed by atoms with E-state index in [1.807, 2.05) is 13.8 Å². The van der Waals surface area contributed by atoms with Crippen LogP contribution in [0.1, 0.15) is 27.2 Å². The summed E-state index contributed by atoms with van der Waals surface area (Å²) in [5.41, 5.74) is 1.37. The number of hydrogen-bond donors (Lipinski definition) is 0. The number of rotatable bonds is 3. The molecule has 4 nitrogen and oxygen atoms in total. The topological polar surface area (TPSA) is 51.0 Å². The summed E-state index contributed by atoms with van der Waals surface area (Å²) in [4.78, 5) is 11.2. The highest BCUT2D eigenvalue weighted by atomic mass is 16.5. The van der Waals surface area contributed by atoms with Gasteiger partial charge in [0.15, 0.2) is 5.71 Å². The Morgan fingerprint density at radius 1 is 1.54 bits per heavy atom. The molecule has 0 N–H and O–H groups in total. The van der Waals surface area contributed by atoms with Crippen LogP contribution in [0.15, 0.2) is 10.2 Å². The molecule has 0 aromatic rings. The minimum absolute atomic E-state index is 0.343. The largest absolute Gasteiger partial charge is 0.461 e. The van der Waals surface area contributed by atoms with Gasteiger partial charge in [-0.2, -0.15) is 5.10 Å². The highest BCUT2D eigenvalue weighted by Gasteiger charge is 2.21. The number of esters is 1. The Hall–Kier alpha value is -1.19. The van der Waals surface area contributed by atoms with Gasteiger partial charge in [0.05, 0.1) is 6.61 Å². The molecule has 1 heterocycles. The Morgan fingerprint density at radius 3 is 2.69 bits per heavy atom. The van der Waals surface area contributed by atoms with Crippen molar-refractivity contribution >= 4 is 17.4 Å². The van der Waals surface area contributed by atoms with E-state index in [0.717, 1.165) is 5.71 Å². The molecule has 0 amide bonds. The van der Waals surface area contributed by atoms with Gasteiger partial charge in [-0.05, 0) is 12.8 Å². The van der Waals surface area contributed by atoms with Gasteiger partial charge in [-0.15, -0.1) is 5.10 Å². The first kappa shape index (κ1) is 9.89. The fraction of sp³-hybridized carbons (Fsp3) is 0.667. The molecule has 0 radical (unpaired) electrons. The summed E-state index contributed by atoms with van der Waals surface area (Å²) in [6.07, 6.45) is 0.538. The normalized spacial score (nSPS) is 15.7. The van der Waals surface area contributed by atoms with Crippen LogP contribution in [0.25, 0.3) is 0 Å². The molecular weight excluding hydrogens is 168 g/mol. The van der Waals surface area contributed by atoms with Crippen molar-refractivity contribution in [3.05, 3.63) is 0 Å². The molecule has 0 atom stereocenters. The third-order valence-electron chi connectivity index (χ3n) is 1.83. The molecule has 4 heteroatoms. The molecule has 1 aliphatic heterocycles. The van der Waals surface area contributed by atoms with Crippen molar-refractivity contribution < 1.29 is 9.53 Å². The van der Waals surface area contributed by atoms with E-state index in [2.05, 4.69) is 10.2 Å². The zero-order chi connectivity index (χ0) is 9.84. The summed E-state index contributed by atoms with van der Waals surface area (Å²) >= 11 is 0. The number of carbonyl (C=O) groups is 1. The SMILES string of the molecule is CCOC(=O)C1=NN=C(C(C)C)C1. The van der Waals surface area contributed by atoms with Gasteiger partial charge < -0.3 is 4.74 Å². The lowest BCUT2D eigenvalue weighted by molar-refractivity contribution is -0.135. The molecule has 0 aromatic carbocycles. The van der Waals surface area contributed by atoms with Crippen LogP contribution in [-0.2, 0) is 9.53 Å². The maximum Gasteiger partial charge on any atom is 0.354 e. The monoisotopic (exact) mass is 182 g/mol. The minimum atomic E-state index is -0.345. The molecule has 0 saturated heterocycles. The molecular formula is C9H14N2O2. The predicted octanol–water partition coefficient (Wildman–Crippen LogP) is 1.41. The fourth-order valence-corrected chi connectivity index (χ4v) is 1.01. The van der Waals surface area contributed by atoms with E-state index in [4.69, 9.17) is 4.74 Å². The maximum absolute atomic E-state index is 11.2. The Kier molecular flexibility index (Phi) is 3.17. The molecule has 0 aromatic heterocycles. The van der Waals surface area contributed by atoms with Gasteiger partial charge in [0.1, 0.15) is 0 Å². The summed E-state index contributed by atoms with van der Waals surface area (Å²) in [5.74, 6) is -0.00224. The van der Waals surface area contributed by atoms with E-state index in [9.17, 15) is 4.79 Å². The zero-order valence-corrected chi connectivity index (χ0v) is 8.20. The van der Waals surface area contributed by atoms with E-state index in [-0.39, 0.29) is 5.97 Å². The fourth-order valence-electron chi connectivity index (χ4n) is 1.01. The second-order valence-electron chi connectivity index (χ2n) is 3.19. The summed E-state index contributed by atoms with van der Waals surface area (Å²) in [6.45, 7) is 6.22. The highest BCUT2D eigenvalue weighted by molar-refractivity contribution is 6.41. The summed E-state index contributed by atoms with van der Waals surface area (Å²) in [7, 11) is 0. The average Bonchev–Trinajstić information content (AvgIpc) is 2.52. The van der Waals surface area contributed by atoms with Crippen molar-refractivity contribution in [2.75, 3.05) is 6.61 Å². The van der Waals surface area contributed by atoms with Crippen LogP contribution in [0.2, 0.25) is 0 Å². The number of ether oxygens (including phenoxy) is 1. The van der Waals surface area contributed by atoms with Crippen LogP contribution in [0.5, 0.6) is 0 Å². The lowest BCUT2D eigenvalue weighted by Crippen LogP contribution is -2.19. The lowest BCUT2D eigenvalue weighted by atomic mass is 10.0. The first-order valence-electron chi connectivity index (χ1n) is 4.45. The van der Waals surface area contributed by atoms with Crippen LogP contribution >= 0.6 is 0 Å². The summed E-state index contributed by atoms with van der Waals surface area (Å²) in [6, 6.07) is 0. The molecule has 0 aliphatic carbocycles. The van der Waals surface area contributed by atoms with E-state index >= 15 is 0 Å². The van der Waals surface area contributed by atoms with Gasteiger partial charge in [-0.3, -0.25) is 0 Å². The van der Waals surface area contributed by atoms with Gasteiger partial charge in [-0.1, -0.05) is 13.8 Å². The molecule has 1 aliphatic rings. The summed E-state index contributed by atoms with van der Waals surface area (Å²) < 4.78 is 4.81. The van der Waals surface area contributed by atoms with Crippen LogP contribution < -0.4 is 0 Å². The maximum atomic E-state index is 11.2. The van der Waals surface area contributed by atoms with Gasteiger partial charge in [0, 0.05) is 12.1 Å². The zero-order valence-electron chi connectivity index (χ0n) is 8.20. The lowest BCUT2D eigenvalue weighted by Gasteiger charge is -2.03. The van der Waals surface area contributed by atoms with Crippen LogP contribution in [0.4, 0.5) is 0 Å². The average molecular weight is 182 g/mol. The second kappa shape index (κ2) is 4.16. The van der Waals surface area contributed by atoms with Crippen molar-refractivity contribution in [1.82, 2.24) is 0 Å². The third kappa shape index (κ3) is 2.37. The number of hydrogen-bond acceptors (Lipinski definition) is 4. The first-order valence-corrected chi connectivity index (χ1v) is 4.45. The summed E-state index contributed by atoms with van der Waals surface area (Å²) in [5, 5.41) is 7.71. The van der Waals surface area contributed by atoms with Crippen LogP contribution in [0.3, 0.4) is 0 Å². The van der Waals surface area contributed by atoms with Crippen molar-refractivity contribution in [3.63, 3.8) is 0 Å². The van der Waals surface area contributed by atoms with E-state index in [1.54, 1.807) is 6.92 Å². The van der Waals surface area contributed by atoms with Crippen molar-refractivity contribution in [3.8, 4) is 0 Å². The van der Waals surface area contributed by atoms with Crippen LogP contribution in [0, 0.1) is 5.92 Å². The molecule has 0 fully saturated rings. The second-order valence-corrected chi connectivity index (χ2v) is 3.19. The predicted molar refractivity (Wildman–Crippen MR) is 51.0 cm³/mol. The van der Waals surface area contributed by atoms with Gasteiger partial charge in [0.25, 0.3) is 0 Å². The molecule has 13 heavy (non-hydrogen) atoms. The Bertz CT molecular complexity index is 267. The Labute approximate surface area is 77.7 Å². The molecule has 0 saturated carbocycles. The van der Waals surface area contributed by atoms with Gasteiger partial charge in [0.2, 0.25) is 0 Å². The van der Waals surface area contributed by atoms with E-state index in [1.165, 1.54) is 0 Å². The third-order valence-corrected chi connectivity index (χ3v) is 1.83. The molecule has 0 spiro atoms. The molecule has 0 bridgehead atoms. The van der Waals surface area contributed by atoms with Gasteiger partial charge in [-0.25, -0.2) is 4.79 Å². The van der Waals surface area contributed by atoms with Gasteiger partial charge >= 0.3 is 5.97 Å². The van der Waals surface area contributed by atoms with Crippen molar-refractivity contribution in [2.45, 2.75) is 27.2 Å². The highest BCUT2D eigenvalue weighted by Crippen LogP contribution is 2.10. The van der Waals surface area contributed by atoms with Crippen LogP contribution in [-0.4, -0.2) is 24.0 Å². The first-order chi connectivity index (χ1) is 6.15. The van der Waals surface area contributed by atoms with E-state index in [0.29, 0.717) is 24.7 Å². The standard InChI is InChI=1S/C9H14N2O2/c1-4-13-9(12)8-5-7(6(2)3)10-11-8/h6H,4-5H2,1-3H3. The molecule has 0 unspecified atom stereocenters. The Balaban J connectivity index is 2.49. The number of nitrogens with zero attached hydrogens (tertiary/aromatic N) is 2. The smallest absolute Gasteiger partial charge is 0.354 e. The number of carbonyl (C=O) groups excluding carboxylic acids is 1. The Morgan fingerprint density at radius 2 is 2.23 bits per heavy atom. The minimum Gasteiger partial charge on any atom is -0.461 e. The van der Waals surface area contributed by atoms with Crippen molar-refractivity contribution in [1.29, 1.82) is 0 Å². The quantitative estimate of drug-likeness (QED) is 0.619. The van der Waals surface area contributed by atoms with E-state index < -0.39 is 0 Å². The van der Waals surface area contributed by atoms with Crippen molar-refractivity contribution in [2.24, 2.45) is 16.1 Å². The molecule has 1 rings (SSSR count). The molecule has 72 valence electrons.